The van der Waals surface area contributed by atoms with Crippen molar-refractivity contribution in [3.63, 3.8) is 0 Å². The second-order valence-electron chi connectivity index (χ2n) is 3.02. The van der Waals surface area contributed by atoms with E-state index in [1.54, 1.807) is 11.3 Å². The number of hydrogen-bond acceptors (Lipinski definition) is 2. The molecule has 2 aromatic rings. The minimum atomic E-state index is 0.547. The van der Waals surface area contributed by atoms with E-state index in [1.165, 1.54) is 20.5 Å². The van der Waals surface area contributed by atoms with Crippen LogP contribution in [0, 0.1) is 6.92 Å². The van der Waals surface area contributed by atoms with Crippen molar-refractivity contribution in [2.24, 2.45) is 0 Å². The first-order chi connectivity index (χ1) is 6.33. The molecule has 1 aromatic carbocycles. The zero-order valence-electron chi connectivity index (χ0n) is 7.41. The lowest BCUT2D eigenvalue weighted by atomic mass is 10.1. The van der Waals surface area contributed by atoms with Crippen LogP contribution >= 0.6 is 11.3 Å². The molecular formula is C11H10OS. The van der Waals surface area contributed by atoms with Gasteiger partial charge in [-0.2, -0.15) is 0 Å². The highest BCUT2D eigenvalue weighted by molar-refractivity contribution is 7.19. The van der Waals surface area contributed by atoms with Crippen LogP contribution < -0.4 is 0 Å². The molecule has 0 aliphatic rings. The van der Waals surface area contributed by atoms with Crippen molar-refractivity contribution < 1.29 is 4.79 Å². The van der Waals surface area contributed by atoms with E-state index in [4.69, 9.17) is 0 Å². The molecule has 1 nitrogen and oxygen atoms in total. The van der Waals surface area contributed by atoms with Crippen LogP contribution in [0.5, 0.6) is 0 Å². The fraction of sp³-hybridized carbons (Fsp3) is 0.182. The molecule has 2 heteroatoms. The second kappa shape index (κ2) is 3.30. The Labute approximate surface area is 81.0 Å². The fourth-order valence-electron chi connectivity index (χ4n) is 1.50. The molecule has 0 amide bonds. The standard InChI is InChI=1S/C11H10OS/c1-8-9-4-2-3-5-11(9)13-10(8)6-7-12/h2-5,7H,6H2,1H3. The average molecular weight is 190 g/mol. The largest absolute Gasteiger partial charge is 0.303 e. The first kappa shape index (κ1) is 8.45. The van der Waals surface area contributed by atoms with Crippen LogP contribution in [-0.2, 0) is 11.2 Å². The molecule has 0 aliphatic carbocycles. The highest BCUT2D eigenvalue weighted by Crippen LogP contribution is 2.30. The zero-order chi connectivity index (χ0) is 9.26. The fourth-order valence-corrected chi connectivity index (χ4v) is 2.65. The van der Waals surface area contributed by atoms with Gasteiger partial charge < -0.3 is 4.79 Å². The van der Waals surface area contributed by atoms with Gasteiger partial charge in [-0.25, -0.2) is 0 Å². The summed E-state index contributed by atoms with van der Waals surface area (Å²) in [6.45, 7) is 2.08. The number of thiophene rings is 1. The van der Waals surface area contributed by atoms with Crippen LogP contribution in [0.1, 0.15) is 10.4 Å². The van der Waals surface area contributed by atoms with E-state index in [0.29, 0.717) is 6.42 Å². The lowest BCUT2D eigenvalue weighted by Gasteiger charge is -1.90. The molecule has 0 atom stereocenters. The molecule has 0 fully saturated rings. The molecule has 0 aliphatic heterocycles. The van der Waals surface area contributed by atoms with Gasteiger partial charge in [-0.15, -0.1) is 11.3 Å². The highest BCUT2D eigenvalue weighted by Gasteiger charge is 2.06. The van der Waals surface area contributed by atoms with Gasteiger partial charge >= 0.3 is 0 Å². The minimum absolute atomic E-state index is 0.547. The second-order valence-corrected chi connectivity index (χ2v) is 4.15. The summed E-state index contributed by atoms with van der Waals surface area (Å²) in [7, 11) is 0. The molecule has 0 radical (unpaired) electrons. The van der Waals surface area contributed by atoms with Crippen LogP contribution in [0.2, 0.25) is 0 Å². The SMILES string of the molecule is Cc1c(CC=O)sc2ccccc12. The Balaban J connectivity index is 2.66. The molecule has 0 bridgehead atoms. The van der Waals surface area contributed by atoms with Gasteiger partial charge in [0.1, 0.15) is 6.29 Å². The van der Waals surface area contributed by atoms with Crippen LogP contribution in [-0.4, -0.2) is 6.29 Å². The maximum Gasteiger partial charge on any atom is 0.125 e. The highest BCUT2D eigenvalue weighted by atomic mass is 32.1. The van der Waals surface area contributed by atoms with Crippen LogP contribution in [0.4, 0.5) is 0 Å². The predicted molar refractivity (Wildman–Crippen MR) is 56.3 cm³/mol. The molecule has 0 unspecified atom stereocenters. The summed E-state index contributed by atoms with van der Waals surface area (Å²) in [4.78, 5) is 11.6. The zero-order valence-corrected chi connectivity index (χ0v) is 8.23. The molecule has 0 N–H and O–H groups in total. The number of aldehydes is 1. The lowest BCUT2D eigenvalue weighted by Crippen LogP contribution is -1.82. The Bertz CT molecular complexity index is 442. The lowest BCUT2D eigenvalue weighted by molar-refractivity contribution is -0.107. The number of fused-ring (bicyclic) bond motifs is 1. The van der Waals surface area contributed by atoms with E-state index in [0.717, 1.165) is 6.29 Å². The Kier molecular flexibility index (Phi) is 2.15. The van der Waals surface area contributed by atoms with Crippen molar-refractivity contribution in [1.29, 1.82) is 0 Å². The first-order valence-electron chi connectivity index (χ1n) is 4.23. The monoisotopic (exact) mass is 190 g/mol. The Morgan fingerprint density at radius 2 is 2.15 bits per heavy atom. The third-order valence-electron chi connectivity index (χ3n) is 2.21. The summed E-state index contributed by atoms with van der Waals surface area (Å²) >= 11 is 1.72. The van der Waals surface area contributed by atoms with Gasteiger partial charge in [-0.05, 0) is 23.9 Å². The maximum absolute atomic E-state index is 10.4. The van der Waals surface area contributed by atoms with E-state index < -0.39 is 0 Å². The van der Waals surface area contributed by atoms with Crippen LogP contribution in [0.25, 0.3) is 10.1 Å². The van der Waals surface area contributed by atoms with Crippen molar-refractivity contribution in [3.05, 3.63) is 34.7 Å². The van der Waals surface area contributed by atoms with Gasteiger partial charge in [0.15, 0.2) is 0 Å². The summed E-state index contributed by atoms with van der Waals surface area (Å²) in [6, 6.07) is 8.27. The molecule has 2 rings (SSSR count). The summed E-state index contributed by atoms with van der Waals surface area (Å²) < 4.78 is 1.27. The van der Waals surface area contributed by atoms with Gasteiger partial charge in [0, 0.05) is 16.0 Å². The number of carbonyl (C=O) groups is 1. The first-order valence-corrected chi connectivity index (χ1v) is 5.05. The molecular weight excluding hydrogens is 180 g/mol. The number of benzene rings is 1. The normalized spacial score (nSPS) is 10.5. The number of carbonyl (C=O) groups excluding carboxylic acids is 1. The van der Waals surface area contributed by atoms with Crippen molar-refractivity contribution in [3.8, 4) is 0 Å². The van der Waals surface area contributed by atoms with Crippen molar-refractivity contribution in [1.82, 2.24) is 0 Å². The van der Waals surface area contributed by atoms with E-state index >= 15 is 0 Å². The van der Waals surface area contributed by atoms with Crippen molar-refractivity contribution >= 4 is 27.7 Å². The summed E-state index contributed by atoms with van der Waals surface area (Å²) in [5.74, 6) is 0. The third kappa shape index (κ3) is 1.38. The molecule has 13 heavy (non-hydrogen) atoms. The van der Waals surface area contributed by atoms with E-state index in [-0.39, 0.29) is 0 Å². The molecule has 0 spiro atoms. The predicted octanol–water partition coefficient (Wildman–Crippen LogP) is 2.95. The Morgan fingerprint density at radius 1 is 1.38 bits per heavy atom. The number of aryl methyl sites for hydroxylation is 1. The Hall–Kier alpha value is -1.15. The molecule has 1 heterocycles. The van der Waals surface area contributed by atoms with E-state index in [2.05, 4.69) is 19.1 Å². The number of hydrogen-bond donors (Lipinski definition) is 0. The summed E-state index contributed by atoms with van der Waals surface area (Å²) in [5, 5.41) is 1.28. The van der Waals surface area contributed by atoms with Gasteiger partial charge in [0.2, 0.25) is 0 Å². The van der Waals surface area contributed by atoms with E-state index in [9.17, 15) is 4.79 Å². The quantitative estimate of drug-likeness (QED) is 0.665. The average Bonchev–Trinajstić information content (AvgIpc) is 2.46. The molecule has 0 saturated carbocycles. The number of rotatable bonds is 2. The minimum Gasteiger partial charge on any atom is -0.303 e. The van der Waals surface area contributed by atoms with Crippen LogP contribution in [0.3, 0.4) is 0 Å². The van der Waals surface area contributed by atoms with Crippen molar-refractivity contribution in [2.75, 3.05) is 0 Å². The topological polar surface area (TPSA) is 17.1 Å². The smallest absolute Gasteiger partial charge is 0.125 e. The van der Waals surface area contributed by atoms with Gasteiger partial charge in [-0.3, -0.25) is 0 Å². The summed E-state index contributed by atoms with van der Waals surface area (Å²) in [6.07, 6.45) is 1.52. The van der Waals surface area contributed by atoms with Gasteiger partial charge in [-0.1, -0.05) is 18.2 Å². The van der Waals surface area contributed by atoms with E-state index in [1.807, 2.05) is 12.1 Å². The van der Waals surface area contributed by atoms with Gasteiger partial charge in [0.25, 0.3) is 0 Å². The van der Waals surface area contributed by atoms with Crippen molar-refractivity contribution in [2.45, 2.75) is 13.3 Å². The van der Waals surface area contributed by atoms with Crippen LogP contribution in [0.15, 0.2) is 24.3 Å². The molecule has 0 saturated heterocycles. The third-order valence-corrected chi connectivity index (χ3v) is 3.51. The molecule has 1 aromatic heterocycles. The molecule has 66 valence electrons. The maximum atomic E-state index is 10.4. The van der Waals surface area contributed by atoms with Gasteiger partial charge in [0.05, 0.1) is 0 Å². The Morgan fingerprint density at radius 3 is 2.85 bits per heavy atom. The summed E-state index contributed by atoms with van der Waals surface area (Å²) in [5.41, 5.74) is 1.26.